The highest BCUT2D eigenvalue weighted by Crippen LogP contribution is 2.15. The van der Waals surface area contributed by atoms with Crippen LogP contribution in [0, 0.1) is 10.1 Å². The molecule has 5 N–H and O–H groups in total. The van der Waals surface area contributed by atoms with Crippen LogP contribution in [0.15, 0.2) is 4.99 Å². The number of alkyl halides is 3. The standard InChI is InChI=1S/C8H12F3N5O5/c9-8(10,11)6(19)14-4(5(17)18)2-1-3-13-7(12)15-16(20)21/h4H,1-3H2,(H,14,19)(H,17,18)(H3,12,13,15)/t4-/m1/s1. The van der Waals surface area contributed by atoms with E-state index in [2.05, 4.69) is 4.99 Å². The van der Waals surface area contributed by atoms with Gasteiger partial charge in [-0.25, -0.2) is 19.9 Å². The van der Waals surface area contributed by atoms with E-state index >= 15 is 0 Å². The van der Waals surface area contributed by atoms with Crippen LogP contribution < -0.4 is 16.5 Å². The first kappa shape index (κ1) is 18.4. The van der Waals surface area contributed by atoms with Gasteiger partial charge in [-0.2, -0.15) is 13.2 Å². The maximum absolute atomic E-state index is 12.0. The lowest BCUT2D eigenvalue weighted by molar-refractivity contribution is -0.525. The van der Waals surface area contributed by atoms with E-state index in [1.54, 1.807) is 0 Å². The average Bonchev–Trinajstić information content (AvgIpc) is 2.30. The number of carbonyl (C=O) groups is 2. The number of hydrogen-bond acceptors (Lipinski definition) is 5. The number of nitrogens with one attached hydrogen (secondary N) is 2. The zero-order chi connectivity index (χ0) is 16.6. The molecule has 1 atom stereocenters. The number of hydrazine groups is 1. The predicted molar refractivity (Wildman–Crippen MR) is 61.5 cm³/mol. The molecule has 0 saturated carbocycles. The van der Waals surface area contributed by atoms with Crippen molar-refractivity contribution in [3.8, 4) is 0 Å². The number of rotatable bonds is 7. The fraction of sp³-hybridized carbons (Fsp3) is 0.625. The fourth-order valence-electron chi connectivity index (χ4n) is 1.12. The van der Waals surface area contributed by atoms with Gasteiger partial charge in [0.05, 0.1) is 0 Å². The Bertz CT molecular complexity index is 439. The normalized spacial score (nSPS) is 13.4. The molecule has 0 heterocycles. The third-order valence-corrected chi connectivity index (χ3v) is 2.00. The van der Waals surface area contributed by atoms with Gasteiger partial charge in [0.2, 0.25) is 0 Å². The lowest BCUT2D eigenvalue weighted by Crippen LogP contribution is -2.46. The van der Waals surface area contributed by atoms with Crippen molar-refractivity contribution in [2.75, 3.05) is 6.54 Å². The molecule has 0 radical (unpaired) electrons. The van der Waals surface area contributed by atoms with Crippen LogP contribution >= 0.6 is 0 Å². The van der Waals surface area contributed by atoms with Crippen molar-refractivity contribution in [2.24, 2.45) is 10.7 Å². The maximum atomic E-state index is 12.0. The van der Waals surface area contributed by atoms with Gasteiger partial charge >= 0.3 is 18.1 Å². The summed E-state index contributed by atoms with van der Waals surface area (Å²) in [7, 11) is 0. The van der Waals surface area contributed by atoms with Crippen LogP contribution in [0.4, 0.5) is 13.2 Å². The van der Waals surface area contributed by atoms with Crippen molar-refractivity contribution in [1.29, 1.82) is 0 Å². The number of halogens is 3. The summed E-state index contributed by atoms with van der Waals surface area (Å²) in [5.74, 6) is -4.55. The van der Waals surface area contributed by atoms with Gasteiger partial charge in [0.25, 0.3) is 5.96 Å². The molecule has 0 rings (SSSR count). The molecule has 0 aliphatic rings. The third kappa shape index (κ3) is 8.22. The molecule has 0 aromatic rings. The van der Waals surface area contributed by atoms with E-state index in [1.807, 2.05) is 0 Å². The summed E-state index contributed by atoms with van der Waals surface area (Å²) < 4.78 is 35.9. The molecule has 0 bridgehead atoms. The molecule has 10 nitrogen and oxygen atoms in total. The smallest absolute Gasteiger partial charge is 0.471 e. The highest BCUT2D eigenvalue weighted by molar-refractivity contribution is 5.86. The van der Waals surface area contributed by atoms with Crippen molar-refractivity contribution >= 4 is 17.8 Å². The lowest BCUT2D eigenvalue weighted by atomic mass is 10.1. The zero-order valence-electron chi connectivity index (χ0n) is 10.4. The Morgan fingerprint density at radius 1 is 1.43 bits per heavy atom. The van der Waals surface area contributed by atoms with Crippen molar-refractivity contribution in [1.82, 2.24) is 10.7 Å². The van der Waals surface area contributed by atoms with Crippen LogP contribution in [0.25, 0.3) is 0 Å². The number of guanidine groups is 1. The zero-order valence-corrected chi connectivity index (χ0v) is 10.4. The Morgan fingerprint density at radius 3 is 2.43 bits per heavy atom. The van der Waals surface area contributed by atoms with Crippen molar-refractivity contribution < 1.29 is 32.9 Å². The molecule has 0 unspecified atom stereocenters. The van der Waals surface area contributed by atoms with E-state index in [-0.39, 0.29) is 19.4 Å². The molecule has 0 fully saturated rings. The van der Waals surface area contributed by atoms with Gasteiger partial charge in [0, 0.05) is 6.54 Å². The third-order valence-electron chi connectivity index (χ3n) is 2.00. The molecular weight excluding hydrogens is 303 g/mol. The van der Waals surface area contributed by atoms with Crippen LogP contribution in [0.3, 0.4) is 0 Å². The number of amides is 1. The minimum atomic E-state index is -5.19. The number of nitro groups is 1. The highest BCUT2D eigenvalue weighted by atomic mass is 19.4. The Labute approximate surface area is 115 Å². The molecule has 0 aliphatic carbocycles. The van der Waals surface area contributed by atoms with Gasteiger partial charge in [0.1, 0.15) is 6.04 Å². The monoisotopic (exact) mass is 315 g/mol. The second kappa shape index (κ2) is 7.86. The van der Waals surface area contributed by atoms with Crippen LogP contribution in [0.2, 0.25) is 0 Å². The van der Waals surface area contributed by atoms with Crippen LogP contribution in [-0.4, -0.2) is 46.7 Å². The number of aliphatic imine (C=N–C) groups is 1. The van der Waals surface area contributed by atoms with E-state index in [4.69, 9.17) is 10.8 Å². The molecule has 0 aromatic carbocycles. The van der Waals surface area contributed by atoms with Crippen molar-refractivity contribution in [3.63, 3.8) is 0 Å². The molecule has 0 spiro atoms. The summed E-state index contributed by atoms with van der Waals surface area (Å²) in [6, 6.07) is -1.75. The summed E-state index contributed by atoms with van der Waals surface area (Å²) in [5, 5.41) is 19.0. The minimum Gasteiger partial charge on any atom is -0.480 e. The molecule has 21 heavy (non-hydrogen) atoms. The van der Waals surface area contributed by atoms with Gasteiger partial charge in [-0.1, -0.05) is 5.43 Å². The fourth-order valence-corrected chi connectivity index (χ4v) is 1.12. The van der Waals surface area contributed by atoms with Crippen molar-refractivity contribution in [3.05, 3.63) is 10.1 Å². The molecule has 0 aliphatic heterocycles. The summed E-state index contributed by atoms with van der Waals surface area (Å²) in [6.45, 7) is -0.168. The summed E-state index contributed by atoms with van der Waals surface area (Å²) in [6.07, 6.45) is -5.60. The van der Waals surface area contributed by atoms with Gasteiger partial charge in [-0.05, 0) is 12.8 Å². The molecule has 0 aromatic heterocycles. The number of hydrogen-bond donors (Lipinski definition) is 4. The lowest BCUT2D eigenvalue weighted by Gasteiger charge is -2.15. The molecule has 13 heteroatoms. The van der Waals surface area contributed by atoms with E-state index in [0.717, 1.165) is 0 Å². The Kier molecular flexibility index (Phi) is 6.89. The van der Waals surface area contributed by atoms with Crippen LogP contribution in [0.1, 0.15) is 12.8 Å². The van der Waals surface area contributed by atoms with Crippen molar-refractivity contribution in [2.45, 2.75) is 25.1 Å². The van der Waals surface area contributed by atoms with E-state index in [0.29, 0.717) is 0 Å². The predicted octanol–water partition coefficient (Wildman–Crippen LogP) is -1.01. The molecular formula is C8H12F3N5O5. The second-order valence-electron chi connectivity index (χ2n) is 3.64. The largest absolute Gasteiger partial charge is 0.480 e. The van der Waals surface area contributed by atoms with Gasteiger partial charge in [-0.15, -0.1) is 0 Å². The SMILES string of the molecule is NC(=NCCC[C@@H](NC(=O)C(F)(F)F)C(=O)O)N[N+](=O)[O-]. The highest BCUT2D eigenvalue weighted by Gasteiger charge is 2.40. The topological polar surface area (TPSA) is 160 Å². The number of nitrogens with two attached hydrogens (primary N) is 1. The number of carboxylic acid groups (broad SMARTS) is 1. The number of carbonyl (C=O) groups excluding carboxylic acids is 1. The van der Waals surface area contributed by atoms with E-state index in [9.17, 15) is 32.9 Å². The Morgan fingerprint density at radius 2 is 2.00 bits per heavy atom. The van der Waals surface area contributed by atoms with Gasteiger partial charge in [-0.3, -0.25) is 4.79 Å². The number of nitrogens with zero attached hydrogens (tertiary/aromatic N) is 2. The van der Waals surface area contributed by atoms with Crippen LogP contribution in [0.5, 0.6) is 0 Å². The first-order chi connectivity index (χ1) is 9.54. The summed E-state index contributed by atoms with van der Waals surface area (Å²) in [4.78, 5) is 34.7. The molecule has 1 amide bonds. The first-order valence-corrected chi connectivity index (χ1v) is 5.35. The van der Waals surface area contributed by atoms with E-state index < -0.39 is 35.1 Å². The second-order valence-corrected chi connectivity index (χ2v) is 3.64. The van der Waals surface area contributed by atoms with Crippen LogP contribution in [-0.2, 0) is 9.59 Å². The summed E-state index contributed by atoms with van der Waals surface area (Å²) in [5.41, 5.74) is 6.57. The Hall–Kier alpha value is -2.60. The average molecular weight is 315 g/mol. The quantitative estimate of drug-likeness (QED) is 0.154. The number of aliphatic carboxylic acids is 1. The maximum Gasteiger partial charge on any atom is 0.471 e. The van der Waals surface area contributed by atoms with Gasteiger partial charge < -0.3 is 16.2 Å². The number of carboxylic acids is 1. The van der Waals surface area contributed by atoms with Gasteiger partial charge in [0.15, 0.2) is 5.03 Å². The Balaban J connectivity index is 4.33. The summed E-state index contributed by atoms with van der Waals surface area (Å²) >= 11 is 0. The van der Waals surface area contributed by atoms with E-state index in [1.165, 1.54) is 10.7 Å². The minimum absolute atomic E-state index is 0.0603. The molecule has 120 valence electrons. The first-order valence-electron chi connectivity index (χ1n) is 5.35. The molecule has 0 saturated heterocycles.